The molecule has 4 heterocycles. The number of benzene rings is 1. The number of fused-ring (bicyclic) bond motifs is 2. The molecule has 0 saturated heterocycles. The second-order valence-corrected chi connectivity index (χ2v) is 7.40. The van der Waals surface area contributed by atoms with Gasteiger partial charge in [-0.05, 0) is 36.2 Å². The number of aromatic nitrogens is 4. The Balaban J connectivity index is 1.41. The Morgan fingerprint density at radius 1 is 1.18 bits per heavy atom. The van der Waals surface area contributed by atoms with Gasteiger partial charge in [0, 0.05) is 61.1 Å². The molecule has 1 aliphatic heterocycles. The molecule has 0 spiro atoms. The molecule has 1 aromatic carbocycles. The van der Waals surface area contributed by atoms with Crippen molar-refractivity contribution in [2.24, 2.45) is 0 Å². The topological polar surface area (TPSA) is 77.7 Å². The average molecular weight is 371 g/mol. The first-order valence-corrected chi connectivity index (χ1v) is 9.49. The minimum Gasteiger partial charge on any atom is -0.361 e. The fraction of sp³-hybridized carbons (Fsp3) is 0.227. The summed E-state index contributed by atoms with van der Waals surface area (Å²) in [6, 6.07) is 10.2. The van der Waals surface area contributed by atoms with Crippen molar-refractivity contribution in [3.8, 4) is 11.4 Å². The number of hydrogen-bond acceptors (Lipinski definition) is 4. The highest BCUT2D eigenvalue weighted by molar-refractivity contribution is 5.83. The van der Waals surface area contributed by atoms with Gasteiger partial charge < -0.3 is 9.97 Å². The molecule has 140 valence electrons. The number of aromatic amines is 2. The summed E-state index contributed by atoms with van der Waals surface area (Å²) in [4.78, 5) is 30.1. The summed E-state index contributed by atoms with van der Waals surface area (Å²) in [7, 11) is 0. The molecule has 0 radical (unpaired) electrons. The Kier molecular flexibility index (Phi) is 4.06. The molecule has 0 bridgehead atoms. The fourth-order valence-electron chi connectivity index (χ4n) is 3.93. The van der Waals surface area contributed by atoms with Crippen LogP contribution in [0.2, 0.25) is 0 Å². The van der Waals surface area contributed by atoms with Gasteiger partial charge in [-0.2, -0.15) is 0 Å². The van der Waals surface area contributed by atoms with Gasteiger partial charge in [0.05, 0.1) is 11.3 Å². The van der Waals surface area contributed by atoms with E-state index in [9.17, 15) is 4.79 Å². The smallest absolute Gasteiger partial charge is 0.255 e. The van der Waals surface area contributed by atoms with Gasteiger partial charge in [0.15, 0.2) is 0 Å². The molecule has 0 fully saturated rings. The molecule has 3 aromatic heterocycles. The highest BCUT2D eigenvalue weighted by atomic mass is 16.1. The van der Waals surface area contributed by atoms with Crippen LogP contribution in [0.15, 0.2) is 53.7 Å². The summed E-state index contributed by atoms with van der Waals surface area (Å²) in [6.45, 7) is 4.42. The zero-order valence-electron chi connectivity index (χ0n) is 15.7. The van der Waals surface area contributed by atoms with E-state index in [2.05, 4.69) is 51.2 Å². The number of aryl methyl sites for hydroxylation is 1. The molecule has 0 saturated carbocycles. The summed E-state index contributed by atoms with van der Waals surface area (Å²) in [5.74, 6) is 0.617. The first-order chi connectivity index (χ1) is 13.7. The van der Waals surface area contributed by atoms with Crippen molar-refractivity contribution >= 4 is 10.9 Å². The predicted octanol–water partition coefficient (Wildman–Crippen LogP) is 3.18. The molecule has 5 rings (SSSR count). The van der Waals surface area contributed by atoms with Crippen molar-refractivity contribution in [3.05, 3.63) is 81.7 Å². The van der Waals surface area contributed by atoms with Gasteiger partial charge in [-0.3, -0.25) is 14.7 Å². The Morgan fingerprint density at radius 3 is 2.89 bits per heavy atom. The largest absolute Gasteiger partial charge is 0.361 e. The second-order valence-electron chi connectivity index (χ2n) is 7.40. The highest BCUT2D eigenvalue weighted by Gasteiger charge is 2.22. The third kappa shape index (κ3) is 3.01. The zero-order chi connectivity index (χ0) is 19.1. The number of nitrogens with zero attached hydrogens (tertiary/aromatic N) is 3. The monoisotopic (exact) mass is 371 g/mol. The normalized spacial score (nSPS) is 14.3. The third-order valence-corrected chi connectivity index (χ3v) is 5.42. The lowest BCUT2D eigenvalue weighted by molar-refractivity contribution is 0.242. The second kappa shape index (κ2) is 6.73. The SMILES string of the molecule is Cc1ccc2c(CN3CCc4nc(-c5ccncc5)[nH]c(=O)c4C3)c[nH]c2c1. The van der Waals surface area contributed by atoms with Crippen LogP contribution in [0.3, 0.4) is 0 Å². The van der Waals surface area contributed by atoms with E-state index in [-0.39, 0.29) is 5.56 Å². The minimum absolute atomic E-state index is 0.0453. The molecular formula is C22H21N5O. The molecule has 2 N–H and O–H groups in total. The summed E-state index contributed by atoms with van der Waals surface area (Å²) in [5, 5.41) is 1.25. The third-order valence-electron chi connectivity index (χ3n) is 5.42. The number of pyridine rings is 1. The van der Waals surface area contributed by atoms with Gasteiger partial charge in [0.25, 0.3) is 5.56 Å². The van der Waals surface area contributed by atoms with Crippen LogP contribution in [-0.4, -0.2) is 31.4 Å². The van der Waals surface area contributed by atoms with E-state index in [1.165, 1.54) is 16.5 Å². The van der Waals surface area contributed by atoms with E-state index >= 15 is 0 Å². The van der Waals surface area contributed by atoms with Crippen LogP contribution in [0.25, 0.3) is 22.3 Å². The van der Waals surface area contributed by atoms with Crippen molar-refractivity contribution in [1.29, 1.82) is 0 Å². The maximum Gasteiger partial charge on any atom is 0.255 e. The molecule has 0 amide bonds. The number of rotatable bonds is 3. The molecule has 0 atom stereocenters. The molecule has 28 heavy (non-hydrogen) atoms. The Bertz CT molecular complexity index is 1210. The molecule has 0 unspecified atom stereocenters. The van der Waals surface area contributed by atoms with E-state index in [0.29, 0.717) is 12.4 Å². The van der Waals surface area contributed by atoms with E-state index in [0.717, 1.165) is 41.8 Å². The molecule has 1 aliphatic rings. The molecule has 6 nitrogen and oxygen atoms in total. The maximum absolute atomic E-state index is 12.7. The van der Waals surface area contributed by atoms with Crippen molar-refractivity contribution in [2.75, 3.05) is 6.54 Å². The van der Waals surface area contributed by atoms with Gasteiger partial charge in [-0.1, -0.05) is 12.1 Å². The standard InChI is InChI=1S/C22H21N5O/c1-14-2-3-17-16(11-24-20(17)10-14)12-27-9-6-19-18(13-27)22(28)26-21(25-19)15-4-7-23-8-5-15/h2-5,7-8,10-11,24H,6,9,12-13H2,1H3,(H,25,26,28). The summed E-state index contributed by atoms with van der Waals surface area (Å²) >= 11 is 0. The maximum atomic E-state index is 12.7. The quantitative estimate of drug-likeness (QED) is 0.580. The van der Waals surface area contributed by atoms with E-state index in [1.807, 2.05) is 12.1 Å². The zero-order valence-corrected chi connectivity index (χ0v) is 15.7. The predicted molar refractivity (Wildman–Crippen MR) is 109 cm³/mol. The minimum atomic E-state index is -0.0453. The Hall–Kier alpha value is -3.25. The Morgan fingerprint density at radius 2 is 2.04 bits per heavy atom. The van der Waals surface area contributed by atoms with Gasteiger partial charge in [-0.15, -0.1) is 0 Å². The van der Waals surface area contributed by atoms with Crippen LogP contribution in [0.4, 0.5) is 0 Å². The first-order valence-electron chi connectivity index (χ1n) is 9.49. The van der Waals surface area contributed by atoms with Crippen LogP contribution in [-0.2, 0) is 19.5 Å². The Labute approximate surface area is 162 Å². The molecule has 4 aromatic rings. The van der Waals surface area contributed by atoms with Crippen molar-refractivity contribution in [1.82, 2.24) is 24.8 Å². The van der Waals surface area contributed by atoms with Crippen LogP contribution >= 0.6 is 0 Å². The number of nitrogens with one attached hydrogen (secondary N) is 2. The van der Waals surface area contributed by atoms with Crippen molar-refractivity contribution in [2.45, 2.75) is 26.4 Å². The number of H-pyrrole nitrogens is 2. The lowest BCUT2D eigenvalue weighted by Crippen LogP contribution is -2.35. The van der Waals surface area contributed by atoms with E-state index < -0.39 is 0 Å². The van der Waals surface area contributed by atoms with Crippen LogP contribution in [0, 0.1) is 6.92 Å². The summed E-state index contributed by atoms with van der Waals surface area (Å²) in [6.07, 6.45) is 6.27. The molecule has 6 heteroatoms. The van der Waals surface area contributed by atoms with Gasteiger partial charge >= 0.3 is 0 Å². The lowest BCUT2D eigenvalue weighted by Gasteiger charge is -2.27. The van der Waals surface area contributed by atoms with Crippen LogP contribution in [0.1, 0.15) is 22.4 Å². The summed E-state index contributed by atoms with van der Waals surface area (Å²) in [5.41, 5.74) is 6.18. The van der Waals surface area contributed by atoms with E-state index in [4.69, 9.17) is 4.98 Å². The van der Waals surface area contributed by atoms with E-state index in [1.54, 1.807) is 12.4 Å². The van der Waals surface area contributed by atoms with Crippen LogP contribution < -0.4 is 5.56 Å². The van der Waals surface area contributed by atoms with Crippen molar-refractivity contribution < 1.29 is 0 Å². The molecular weight excluding hydrogens is 350 g/mol. The fourth-order valence-corrected chi connectivity index (χ4v) is 3.93. The lowest BCUT2D eigenvalue weighted by atomic mass is 10.0. The summed E-state index contributed by atoms with van der Waals surface area (Å²) < 4.78 is 0. The van der Waals surface area contributed by atoms with Gasteiger partial charge in [0.1, 0.15) is 5.82 Å². The highest BCUT2D eigenvalue weighted by Crippen LogP contribution is 2.24. The van der Waals surface area contributed by atoms with Crippen molar-refractivity contribution in [3.63, 3.8) is 0 Å². The average Bonchev–Trinajstić information content (AvgIpc) is 3.10. The molecule has 0 aliphatic carbocycles. The first kappa shape index (κ1) is 16.9. The van der Waals surface area contributed by atoms with Crippen LogP contribution in [0.5, 0.6) is 0 Å². The van der Waals surface area contributed by atoms with Gasteiger partial charge in [0.2, 0.25) is 0 Å². The van der Waals surface area contributed by atoms with Gasteiger partial charge in [-0.25, -0.2) is 4.98 Å². The number of hydrogen-bond donors (Lipinski definition) is 2.